The smallest absolute Gasteiger partial charge is 0.407 e. The van der Waals surface area contributed by atoms with Gasteiger partial charge in [-0.05, 0) is 36.6 Å². The number of ether oxygens (including phenoxy) is 1. The minimum absolute atomic E-state index is 0.105. The van der Waals surface area contributed by atoms with Crippen LogP contribution in [-0.2, 0) is 16.1 Å². The molecule has 6 nitrogen and oxygen atoms in total. The zero-order valence-electron chi connectivity index (χ0n) is 16.7. The fourth-order valence-corrected chi connectivity index (χ4v) is 2.94. The van der Waals surface area contributed by atoms with Gasteiger partial charge in [0.25, 0.3) is 0 Å². The van der Waals surface area contributed by atoms with Crippen molar-refractivity contribution >= 4 is 12.0 Å². The molecule has 2 aromatic rings. The SMILES string of the molecule is CCC[C@H](NC(=O)OCc1ccccc1)C(C)C(=O)N[C@@H](C)c1ccncc1. The maximum atomic E-state index is 12.7. The summed E-state index contributed by atoms with van der Waals surface area (Å²) < 4.78 is 5.30. The number of nitrogens with zero attached hydrogens (tertiary/aromatic N) is 1. The number of carbonyl (C=O) groups is 2. The van der Waals surface area contributed by atoms with Crippen molar-refractivity contribution in [2.45, 2.75) is 52.3 Å². The summed E-state index contributed by atoms with van der Waals surface area (Å²) in [6.07, 6.45) is 4.43. The second-order valence-corrected chi connectivity index (χ2v) is 6.90. The number of aromatic nitrogens is 1. The van der Waals surface area contributed by atoms with Gasteiger partial charge in [0.15, 0.2) is 0 Å². The van der Waals surface area contributed by atoms with Gasteiger partial charge in [0.1, 0.15) is 6.61 Å². The summed E-state index contributed by atoms with van der Waals surface area (Å²) in [7, 11) is 0. The first-order valence-corrected chi connectivity index (χ1v) is 9.68. The van der Waals surface area contributed by atoms with Gasteiger partial charge in [-0.25, -0.2) is 4.79 Å². The van der Waals surface area contributed by atoms with E-state index >= 15 is 0 Å². The lowest BCUT2D eigenvalue weighted by molar-refractivity contribution is -0.126. The Labute approximate surface area is 166 Å². The Morgan fingerprint density at radius 2 is 1.71 bits per heavy atom. The van der Waals surface area contributed by atoms with Crippen LogP contribution in [0.4, 0.5) is 4.79 Å². The summed E-state index contributed by atoms with van der Waals surface area (Å²) in [4.78, 5) is 28.9. The lowest BCUT2D eigenvalue weighted by Crippen LogP contribution is -2.46. The Balaban J connectivity index is 1.89. The van der Waals surface area contributed by atoms with Crippen molar-refractivity contribution in [3.63, 3.8) is 0 Å². The van der Waals surface area contributed by atoms with Crippen molar-refractivity contribution < 1.29 is 14.3 Å². The largest absolute Gasteiger partial charge is 0.445 e. The molecule has 0 aliphatic rings. The van der Waals surface area contributed by atoms with Gasteiger partial charge in [-0.15, -0.1) is 0 Å². The second-order valence-electron chi connectivity index (χ2n) is 6.90. The van der Waals surface area contributed by atoms with Crippen molar-refractivity contribution in [3.05, 3.63) is 66.0 Å². The molecule has 0 radical (unpaired) electrons. The third kappa shape index (κ3) is 6.68. The van der Waals surface area contributed by atoms with E-state index in [9.17, 15) is 9.59 Å². The molecule has 3 atom stereocenters. The van der Waals surface area contributed by atoms with E-state index in [-0.39, 0.29) is 30.5 Å². The molecule has 0 bridgehead atoms. The van der Waals surface area contributed by atoms with Crippen LogP contribution in [0.3, 0.4) is 0 Å². The molecule has 0 aliphatic carbocycles. The molecule has 0 spiro atoms. The monoisotopic (exact) mass is 383 g/mol. The van der Waals surface area contributed by atoms with Crippen LogP contribution in [0.25, 0.3) is 0 Å². The number of carbonyl (C=O) groups excluding carboxylic acids is 2. The van der Waals surface area contributed by atoms with E-state index in [1.54, 1.807) is 12.4 Å². The standard InChI is InChI=1S/C22H29N3O3/c1-4-8-20(25-22(27)28-15-18-9-6-5-7-10-18)16(2)21(26)24-17(3)19-11-13-23-14-12-19/h5-7,9-14,16-17,20H,4,8,15H2,1-3H3,(H,24,26)(H,25,27)/t16?,17-,20-/m0/s1. The molecule has 2 N–H and O–H groups in total. The minimum Gasteiger partial charge on any atom is -0.445 e. The number of rotatable bonds is 9. The lowest BCUT2D eigenvalue weighted by Gasteiger charge is -2.25. The Morgan fingerprint density at radius 1 is 1.04 bits per heavy atom. The molecule has 0 aliphatic heterocycles. The third-order valence-electron chi connectivity index (χ3n) is 4.70. The molecule has 0 saturated heterocycles. The van der Waals surface area contributed by atoms with Crippen molar-refractivity contribution in [2.75, 3.05) is 0 Å². The van der Waals surface area contributed by atoms with Crippen LogP contribution in [0.15, 0.2) is 54.9 Å². The highest BCUT2D eigenvalue weighted by Gasteiger charge is 2.26. The highest BCUT2D eigenvalue weighted by Crippen LogP contribution is 2.15. The Hall–Kier alpha value is -2.89. The summed E-state index contributed by atoms with van der Waals surface area (Å²) in [6.45, 7) is 5.97. The van der Waals surface area contributed by atoms with Crippen LogP contribution < -0.4 is 10.6 Å². The molecular weight excluding hydrogens is 354 g/mol. The first kappa shape index (κ1) is 21.4. The average Bonchev–Trinajstić information content (AvgIpc) is 2.72. The summed E-state index contributed by atoms with van der Waals surface area (Å²) in [5.41, 5.74) is 1.90. The van der Waals surface area contributed by atoms with Crippen LogP contribution in [0.2, 0.25) is 0 Å². The molecule has 2 rings (SSSR count). The fourth-order valence-electron chi connectivity index (χ4n) is 2.94. The maximum absolute atomic E-state index is 12.7. The molecular formula is C22H29N3O3. The second kappa shape index (κ2) is 11.1. The van der Waals surface area contributed by atoms with E-state index in [2.05, 4.69) is 15.6 Å². The molecule has 28 heavy (non-hydrogen) atoms. The number of benzene rings is 1. The maximum Gasteiger partial charge on any atom is 0.407 e. The first-order valence-electron chi connectivity index (χ1n) is 9.68. The van der Waals surface area contributed by atoms with E-state index in [1.807, 2.05) is 63.2 Å². The van der Waals surface area contributed by atoms with Gasteiger partial charge in [-0.3, -0.25) is 9.78 Å². The predicted molar refractivity (Wildman–Crippen MR) is 108 cm³/mol. The molecule has 150 valence electrons. The molecule has 0 saturated carbocycles. The Kier molecular flexibility index (Phi) is 8.46. The van der Waals surface area contributed by atoms with Crippen LogP contribution in [-0.4, -0.2) is 23.0 Å². The van der Waals surface area contributed by atoms with Gasteiger partial charge >= 0.3 is 6.09 Å². The fraction of sp³-hybridized carbons (Fsp3) is 0.409. The number of pyridine rings is 1. The summed E-state index contributed by atoms with van der Waals surface area (Å²) in [5.74, 6) is -0.486. The lowest BCUT2D eigenvalue weighted by atomic mass is 9.96. The number of amides is 2. The Bertz CT molecular complexity index is 737. The zero-order chi connectivity index (χ0) is 20.4. The normalized spacial score (nSPS) is 13.8. The van der Waals surface area contributed by atoms with Crippen molar-refractivity contribution in [1.82, 2.24) is 15.6 Å². The molecule has 1 unspecified atom stereocenters. The number of alkyl carbamates (subject to hydrolysis) is 1. The molecule has 6 heteroatoms. The van der Waals surface area contributed by atoms with Crippen LogP contribution in [0, 0.1) is 5.92 Å². The third-order valence-corrected chi connectivity index (χ3v) is 4.70. The van der Waals surface area contributed by atoms with Crippen molar-refractivity contribution in [3.8, 4) is 0 Å². The van der Waals surface area contributed by atoms with Gasteiger partial charge in [0, 0.05) is 18.4 Å². The van der Waals surface area contributed by atoms with Crippen LogP contribution in [0.1, 0.15) is 50.8 Å². The number of hydrogen-bond acceptors (Lipinski definition) is 4. The van der Waals surface area contributed by atoms with E-state index in [1.165, 1.54) is 0 Å². The zero-order valence-corrected chi connectivity index (χ0v) is 16.7. The predicted octanol–water partition coefficient (Wildman–Crippen LogP) is 3.99. The number of hydrogen-bond donors (Lipinski definition) is 2. The first-order chi connectivity index (χ1) is 13.5. The van der Waals surface area contributed by atoms with E-state index in [0.29, 0.717) is 6.42 Å². The van der Waals surface area contributed by atoms with Crippen molar-refractivity contribution in [1.29, 1.82) is 0 Å². The quantitative estimate of drug-likeness (QED) is 0.686. The van der Waals surface area contributed by atoms with Crippen LogP contribution >= 0.6 is 0 Å². The highest BCUT2D eigenvalue weighted by atomic mass is 16.5. The van der Waals surface area contributed by atoms with Gasteiger partial charge < -0.3 is 15.4 Å². The summed E-state index contributed by atoms with van der Waals surface area (Å²) >= 11 is 0. The topological polar surface area (TPSA) is 80.3 Å². The molecule has 0 fully saturated rings. The summed E-state index contributed by atoms with van der Waals surface area (Å²) in [6, 6.07) is 12.8. The van der Waals surface area contributed by atoms with Crippen LogP contribution in [0.5, 0.6) is 0 Å². The summed E-state index contributed by atoms with van der Waals surface area (Å²) in [5, 5.41) is 5.86. The molecule has 1 heterocycles. The van der Waals surface area contributed by atoms with Gasteiger partial charge in [-0.1, -0.05) is 50.6 Å². The van der Waals surface area contributed by atoms with Gasteiger partial charge in [-0.2, -0.15) is 0 Å². The highest BCUT2D eigenvalue weighted by molar-refractivity contribution is 5.80. The van der Waals surface area contributed by atoms with E-state index in [0.717, 1.165) is 17.5 Å². The Morgan fingerprint density at radius 3 is 2.36 bits per heavy atom. The minimum atomic E-state index is -0.510. The number of nitrogens with one attached hydrogen (secondary N) is 2. The average molecular weight is 383 g/mol. The van der Waals surface area contributed by atoms with Gasteiger partial charge in [0.2, 0.25) is 5.91 Å². The molecule has 1 aromatic heterocycles. The van der Waals surface area contributed by atoms with Crippen molar-refractivity contribution in [2.24, 2.45) is 5.92 Å². The van der Waals surface area contributed by atoms with Gasteiger partial charge in [0.05, 0.1) is 12.0 Å². The van der Waals surface area contributed by atoms with E-state index < -0.39 is 6.09 Å². The molecule has 1 aromatic carbocycles. The van der Waals surface area contributed by atoms with E-state index in [4.69, 9.17) is 4.74 Å². The molecule has 2 amide bonds.